The second kappa shape index (κ2) is 8.14. The molecule has 2 aromatic carbocycles. The maximum atomic E-state index is 12.7. The van der Waals surface area contributed by atoms with Gasteiger partial charge in [-0.1, -0.05) is 5.16 Å². The molecule has 0 aliphatic carbocycles. The number of aromatic nitrogens is 2. The third-order valence-electron chi connectivity index (χ3n) is 4.34. The summed E-state index contributed by atoms with van der Waals surface area (Å²) < 4.78 is 27.5. The van der Waals surface area contributed by atoms with Crippen LogP contribution in [0.2, 0.25) is 0 Å². The van der Waals surface area contributed by atoms with Crippen LogP contribution < -0.4 is 15.0 Å². The third kappa shape index (κ3) is 3.60. The van der Waals surface area contributed by atoms with E-state index in [9.17, 15) is 14.3 Å². The first-order valence-corrected chi connectivity index (χ1v) is 10.5. The van der Waals surface area contributed by atoms with Gasteiger partial charge in [0.1, 0.15) is 18.1 Å². The number of benzene rings is 2. The molecular formula is C20H13BrN4O4S. The summed E-state index contributed by atoms with van der Waals surface area (Å²) in [5.41, 5.74) is 1.09. The van der Waals surface area contributed by atoms with Crippen LogP contribution in [0.4, 0.5) is 5.82 Å². The Morgan fingerprint density at radius 3 is 2.77 bits per heavy atom. The Balaban J connectivity index is 1.86. The van der Waals surface area contributed by atoms with Crippen LogP contribution in [-0.2, 0) is 11.0 Å². The summed E-state index contributed by atoms with van der Waals surface area (Å²) >= 11 is 3.33. The van der Waals surface area contributed by atoms with Gasteiger partial charge in [-0.3, -0.25) is 14.1 Å². The van der Waals surface area contributed by atoms with Crippen LogP contribution >= 0.6 is 15.9 Å². The lowest BCUT2D eigenvalue weighted by atomic mass is 10.1. The zero-order valence-electron chi connectivity index (χ0n) is 15.5. The molecule has 0 amide bonds. The van der Waals surface area contributed by atoms with Crippen LogP contribution in [0, 0.1) is 11.3 Å². The summed E-state index contributed by atoms with van der Waals surface area (Å²) in [4.78, 5) is 13.2. The van der Waals surface area contributed by atoms with Crippen LogP contribution in [0.5, 0.6) is 5.75 Å². The first-order chi connectivity index (χ1) is 14.5. The van der Waals surface area contributed by atoms with E-state index in [-0.39, 0.29) is 5.56 Å². The number of anilines is 1. The van der Waals surface area contributed by atoms with E-state index in [1.807, 2.05) is 0 Å². The number of fused-ring (bicyclic) bond motifs is 1. The van der Waals surface area contributed by atoms with Crippen molar-refractivity contribution in [2.45, 2.75) is 4.90 Å². The minimum Gasteiger partial charge on any atom is -0.495 e. The van der Waals surface area contributed by atoms with Gasteiger partial charge in [0.25, 0.3) is 5.56 Å². The molecule has 1 unspecified atom stereocenters. The maximum absolute atomic E-state index is 12.7. The number of methoxy groups -OCH3 is 1. The lowest BCUT2D eigenvalue weighted by molar-refractivity contribution is 0.412. The Labute approximate surface area is 181 Å². The summed E-state index contributed by atoms with van der Waals surface area (Å²) in [6.45, 7) is 0. The number of pyridine rings is 1. The molecule has 0 aliphatic heterocycles. The van der Waals surface area contributed by atoms with Crippen molar-refractivity contribution in [3.05, 3.63) is 75.2 Å². The number of hydrogen-bond acceptors (Lipinski definition) is 6. The van der Waals surface area contributed by atoms with Crippen molar-refractivity contribution in [3.63, 3.8) is 0 Å². The average molecular weight is 485 g/mol. The summed E-state index contributed by atoms with van der Waals surface area (Å²) in [6, 6.07) is 15.0. The highest BCUT2D eigenvalue weighted by Crippen LogP contribution is 2.31. The van der Waals surface area contributed by atoms with Gasteiger partial charge in [-0.15, -0.1) is 0 Å². The fraction of sp³-hybridized carbons (Fsp3) is 0.0500. The zero-order chi connectivity index (χ0) is 21.3. The van der Waals surface area contributed by atoms with Crippen molar-refractivity contribution < 1.29 is 13.5 Å². The Kier molecular flexibility index (Phi) is 5.39. The van der Waals surface area contributed by atoms with Gasteiger partial charge < -0.3 is 9.26 Å². The second-order valence-electron chi connectivity index (χ2n) is 6.10. The van der Waals surface area contributed by atoms with Crippen molar-refractivity contribution in [1.29, 1.82) is 5.26 Å². The van der Waals surface area contributed by atoms with Crippen molar-refractivity contribution in [2.75, 3.05) is 11.8 Å². The SMILES string of the molecule is COc1cc(Br)c(C#N)cc1-n1c(=O)ccc2cc(S(=O)Nc3ccon3)ccc21. The molecule has 2 heterocycles. The molecule has 0 fully saturated rings. The van der Waals surface area contributed by atoms with Crippen LogP contribution in [0.25, 0.3) is 16.6 Å². The summed E-state index contributed by atoms with van der Waals surface area (Å²) in [5, 5.41) is 13.7. The minimum absolute atomic E-state index is 0.290. The molecule has 1 atom stereocenters. The van der Waals surface area contributed by atoms with Crippen molar-refractivity contribution in [1.82, 2.24) is 9.72 Å². The first kappa shape index (κ1) is 19.9. The molecule has 0 spiro atoms. The van der Waals surface area contributed by atoms with Crippen molar-refractivity contribution in [3.8, 4) is 17.5 Å². The van der Waals surface area contributed by atoms with Gasteiger partial charge in [0.15, 0.2) is 16.8 Å². The van der Waals surface area contributed by atoms with Gasteiger partial charge in [0, 0.05) is 22.0 Å². The van der Waals surface area contributed by atoms with Crippen LogP contribution in [0.15, 0.2) is 73.5 Å². The largest absolute Gasteiger partial charge is 0.495 e. The lowest BCUT2D eigenvalue weighted by Crippen LogP contribution is -2.18. The van der Waals surface area contributed by atoms with Gasteiger partial charge in [0.05, 0.1) is 28.8 Å². The highest BCUT2D eigenvalue weighted by Gasteiger charge is 2.15. The Morgan fingerprint density at radius 1 is 1.23 bits per heavy atom. The van der Waals surface area contributed by atoms with E-state index in [2.05, 4.69) is 31.9 Å². The van der Waals surface area contributed by atoms with E-state index in [0.29, 0.717) is 43.1 Å². The molecule has 2 aromatic heterocycles. The van der Waals surface area contributed by atoms with Gasteiger partial charge in [-0.25, -0.2) is 4.21 Å². The molecule has 8 nitrogen and oxygen atoms in total. The predicted molar refractivity (Wildman–Crippen MR) is 115 cm³/mol. The number of halogens is 1. The van der Waals surface area contributed by atoms with E-state index in [1.54, 1.807) is 42.5 Å². The Morgan fingerprint density at radius 2 is 2.07 bits per heavy atom. The maximum Gasteiger partial charge on any atom is 0.255 e. The summed E-state index contributed by atoms with van der Waals surface area (Å²) in [5.74, 6) is 0.776. The van der Waals surface area contributed by atoms with Crippen molar-refractivity contribution in [2.24, 2.45) is 0 Å². The monoisotopic (exact) mass is 484 g/mol. The minimum atomic E-state index is -1.57. The predicted octanol–water partition coefficient (Wildman–Crippen LogP) is 3.76. The summed E-state index contributed by atoms with van der Waals surface area (Å²) in [6.07, 6.45) is 1.37. The lowest BCUT2D eigenvalue weighted by Gasteiger charge is -2.15. The fourth-order valence-corrected chi connectivity index (χ4v) is 4.22. The van der Waals surface area contributed by atoms with Gasteiger partial charge in [-0.2, -0.15) is 5.26 Å². The number of nitriles is 1. The number of hydrogen-bond donors (Lipinski definition) is 1. The molecule has 0 saturated carbocycles. The molecule has 0 aliphatic rings. The van der Waals surface area contributed by atoms with E-state index in [0.717, 1.165) is 0 Å². The number of nitrogens with one attached hydrogen (secondary N) is 1. The highest BCUT2D eigenvalue weighted by molar-refractivity contribution is 9.10. The molecule has 0 bridgehead atoms. The molecule has 4 aromatic rings. The first-order valence-electron chi connectivity index (χ1n) is 8.54. The quantitative estimate of drug-likeness (QED) is 0.461. The topological polar surface area (TPSA) is 110 Å². The molecule has 0 radical (unpaired) electrons. The van der Waals surface area contributed by atoms with Gasteiger partial charge in [-0.05, 0) is 52.3 Å². The van der Waals surface area contributed by atoms with Crippen LogP contribution in [0.3, 0.4) is 0 Å². The van der Waals surface area contributed by atoms with E-state index in [1.165, 1.54) is 24.0 Å². The molecule has 150 valence electrons. The molecule has 4 rings (SSSR count). The number of ether oxygens (including phenoxy) is 1. The van der Waals surface area contributed by atoms with E-state index < -0.39 is 11.0 Å². The van der Waals surface area contributed by atoms with Crippen LogP contribution in [-0.4, -0.2) is 21.0 Å². The Hall–Kier alpha value is -3.42. The fourth-order valence-electron chi connectivity index (χ4n) is 2.97. The second-order valence-corrected chi connectivity index (χ2v) is 8.17. The Bertz CT molecular complexity index is 1380. The van der Waals surface area contributed by atoms with Crippen LogP contribution in [0.1, 0.15) is 5.56 Å². The molecule has 30 heavy (non-hydrogen) atoms. The van der Waals surface area contributed by atoms with E-state index in [4.69, 9.17) is 9.26 Å². The van der Waals surface area contributed by atoms with E-state index >= 15 is 0 Å². The zero-order valence-corrected chi connectivity index (χ0v) is 17.9. The molecule has 0 saturated heterocycles. The van der Waals surface area contributed by atoms with Gasteiger partial charge in [0.2, 0.25) is 0 Å². The molecular weight excluding hydrogens is 472 g/mol. The normalized spacial score (nSPS) is 11.8. The smallest absolute Gasteiger partial charge is 0.255 e. The standard InChI is InChI=1S/C20H13BrN4O4S/c1-28-18-10-15(21)13(11-22)9-17(18)25-16-4-3-14(8-12(16)2-5-20(25)26)30(27)24-19-6-7-29-23-19/h2-10H,1H3,(H,23,24). The third-order valence-corrected chi connectivity index (χ3v) is 6.08. The summed E-state index contributed by atoms with van der Waals surface area (Å²) in [7, 11) is -0.0829. The number of rotatable bonds is 5. The highest BCUT2D eigenvalue weighted by atomic mass is 79.9. The van der Waals surface area contributed by atoms with Crippen molar-refractivity contribution >= 4 is 43.6 Å². The number of nitrogens with zero attached hydrogens (tertiary/aromatic N) is 3. The molecule has 10 heteroatoms. The average Bonchev–Trinajstić information content (AvgIpc) is 3.26. The molecule has 1 N–H and O–H groups in total. The van der Waals surface area contributed by atoms with Gasteiger partial charge >= 0.3 is 0 Å².